The zero-order valence-corrected chi connectivity index (χ0v) is 48.5. The van der Waals surface area contributed by atoms with Crippen molar-refractivity contribution < 1.29 is 60.5 Å². The summed E-state index contributed by atoms with van der Waals surface area (Å²) in [6, 6.07) is 44.6. The van der Waals surface area contributed by atoms with Crippen molar-refractivity contribution in [1.82, 2.24) is 10.3 Å². The van der Waals surface area contributed by atoms with E-state index in [0.29, 0.717) is 38.3 Å². The summed E-state index contributed by atoms with van der Waals surface area (Å²) < 4.78 is 87.6. The van der Waals surface area contributed by atoms with E-state index in [9.17, 15) is 41.8 Å². The van der Waals surface area contributed by atoms with E-state index in [4.69, 9.17) is 29.0 Å². The summed E-state index contributed by atoms with van der Waals surface area (Å²) in [5.41, 5.74) is 9.24. The molecule has 9 aromatic rings. The molecule has 13 nitrogen and oxygen atoms in total. The molecule has 0 saturated carbocycles. The normalized spacial score (nSPS) is 11.9. The lowest BCUT2D eigenvalue weighted by molar-refractivity contribution is -0.139. The van der Waals surface area contributed by atoms with Gasteiger partial charge in [0.25, 0.3) is 5.91 Å². The van der Waals surface area contributed by atoms with Crippen LogP contribution >= 0.6 is 27.5 Å². The second-order valence-electron chi connectivity index (χ2n) is 18.9. The Morgan fingerprint density at radius 2 is 1.09 bits per heavy atom. The van der Waals surface area contributed by atoms with Crippen LogP contribution in [0.5, 0.6) is 0 Å². The van der Waals surface area contributed by atoms with Crippen molar-refractivity contribution in [3.8, 4) is 11.1 Å². The van der Waals surface area contributed by atoms with Gasteiger partial charge in [0.2, 0.25) is 0 Å². The van der Waals surface area contributed by atoms with Crippen molar-refractivity contribution in [2.75, 3.05) is 17.7 Å². The van der Waals surface area contributed by atoms with Gasteiger partial charge >= 0.3 is 17.9 Å². The topological polar surface area (TPSA) is 197 Å². The van der Waals surface area contributed by atoms with Gasteiger partial charge in [0.05, 0.1) is 19.2 Å². The second-order valence-corrected chi connectivity index (χ2v) is 20.3. The summed E-state index contributed by atoms with van der Waals surface area (Å²) >= 11 is 9.34. The number of carboxylic acids is 2. The first-order valence-corrected chi connectivity index (χ1v) is 27.1. The molecule has 0 radical (unpaired) electrons. The molecule has 86 heavy (non-hydrogen) atoms. The molecule has 0 unspecified atom stereocenters. The number of carbonyl (C=O) groups excluding carboxylic acids is 2. The Kier molecular flexibility index (Phi) is 23.5. The summed E-state index contributed by atoms with van der Waals surface area (Å²) in [7, 11) is 1.06. The number of pyridine rings is 1. The van der Waals surface area contributed by atoms with E-state index in [1.54, 1.807) is 48.7 Å². The fourth-order valence-electron chi connectivity index (χ4n) is 8.55. The lowest BCUT2D eigenvalue weighted by Crippen LogP contribution is -2.43. The largest absolute Gasteiger partial charge is 0.480 e. The van der Waals surface area contributed by atoms with Gasteiger partial charge < -0.3 is 36.6 Å². The number of aliphatic carboxylic acids is 1. The van der Waals surface area contributed by atoms with Gasteiger partial charge in [-0.25, -0.2) is 45.6 Å². The van der Waals surface area contributed by atoms with Crippen LogP contribution in [0, 0.1) is 41.5 Å². The van der Waals surface area contributed by atoms with Gasteiger partial charge in [-0.2, -0.15) is 0 Å². The van der Waals surface area contributed by atoms with Gasteiger partial charge in [-0.3, -0.25) is 9.78 Å². The minimum Gasteiger partial charge on any atom is -0.480 e. The molecule has 0 spiro atoms. The molecule has 0 aliphatic rings. The number of anilines is 2. The number of halogens is 8. The Balaban J connectivity index is 0.000000228. The van der Waals surface area contributed by atoms with Gasteiger partial charge in [-0.1, -0.05) is 149 Å². The molecular weight excluding hydrogens is 1210 g/mol. The molecule has 1 heterocycles. The number of benzene rings is 8. The molecule has 442 valence electrons. The number of esters is 1. The zero-order chi connectivity index (χ0) is 62.8. The summed E-state index contributed by atoms with van der Waals surface area (Å²) in [5.74, 6) is -11.6. The second kappa shape index (κ2) is 30.8. The van der Waals surface area contributed by atoms with E-state index in [1.807, 2.05) is 112 Å². The molecule has 7 N–H and O–H groups in total. The van der Waals surface area contributed by atoms with Crippen LogP contribution in [0.3, 0.4) is 0 Å². The number of fused-ring (bicyclic) bond motifs is 1. The molecule has 4 atom stereocenters. The Morgan fingerprint density at radius 1 is 0.628 bits per heavy atom. The highest BCUT2D eigenvalue weighted by molar-refractivity contribution is 9.10. The lowest BCUT2D eigenvalue weighted by atomic mass is 9.95. The van der Waals surface area contributed by atoms with Crippen LogP contribution in [0.15, 0.2) is 181 Å². The maximum absolute atomic E-state index is 15.1. The van der Waals surface area contributed by atoms with Crippen LogP contribution in [0.2, 0.25) is 5.02 Å². The molecule has 21 heteroatoms. The van der Waals surface area contributed by atoms with Gasteiger partial charge in [0.1, 0.15) is 57.6 Å². The minimum atomic E-state index is -1.62. The Morgan fingerprint density at radius 3 is 1.52 bits per heavy atom. The van der Waals surface area contributed by atoms with Gasteiger partial charge in [0, 0.05) is 62.6 Å². The molecule has 0 fully saturated rings. The average Bonchev–Trinajstić information content (AvgIpc) is 1.76. The number of hydrogen-bond acceptors (Lipinski definition) is 9. The number of rotatable bonds is 15. The predicted molar refractivity (Wildman–Crippen MR) is 322 cm³/mol. The SMILES string of the molecule is COC(=O)c1c(F)cc(Br)cc1F.C[C@H](N)c1ccccc1.C[C@H](Nc1cc(F)c(C(=O)O)c(F)c1)c1ccccc1.[C-]#[N+]c1ccc(-c2ccc(C[C@H](NC(=O)c3c(F)cc(N[C@@H](C)c4ccccc4)cc3F)C(=O)O)c3cccnc23)c(Cl)c1. The van der Waals surface area contributed by atoms with Crippen LogP contribution in [0.25, 0.3) is 26.9 Å². The standard InChI is InChI=1S/C34H25ClF2N4O3.C15H13F2NO2.C8H5BrF2O2.C8H11N/c1-19(20-7-4-3-5-8-20)40-23-17-28(36)31(29(37)18-23)33(42)41-30(34(43)44)15-21-10-12-26(32-24(21)9-6-14-39-32)25-13-11-22(38-2)16-27(25)35;1-9(10-5-3-2-4-6-10)18-11-7-12(16)14(15(19)20)13(17)8-11;1-13-8(12)7-5(10)2-4(9)3-6(7)11;1-7(9)8-5-3-2-4-6-8/h3-14,16-19,30,40H,15H2,1H3,(H,41,42)(H,43,44);2-9,18H,1H3,(H,19,20);2-3H,1H3;2-7H,9H2,1H3/t19-,30-;9-;;7-/m00.0/s1. The molecule has 1 aromatic heterocycles. The molecule has 0 saturated heterocycles. The van der Waals surface area contributed by atoms with E-state index >= 15 is 8.78 Å². The highest BCUT2D eigenvalue weighted by Gasteiger charge is 2.27. The monoisotopic (exact) mass is 1260 g/mol. The zero-order valence-electron chi connectivity index (χ0n) is 46.2. The Hall–Kier alpha value is -9.55. The number of carboxylic acid groups (broad SMARTS) is 2. The summed E-state index contributed by atoms with van der Waals surface area (Å²) in [5, 5.41) is 27.8. The van der Waals surface area contributed by atoms with E-state index in [-0.39, 0.29) is 40.4 Å². The van der Waals surface area contributed by atoms with Crippen molar-refractivity contribution in [3.05, 3.63) is 271 Å². The number of nitrogens with one attached hydrogen (secondary N) is 3. The molecular formula is C65H54BrClF6N6O7. The number of nitrogens with zero attached hydrogens (tertiary/aromatic N) is 2. The number of aromatic carboxylic acids is 1. The highest BCUT2D eigenvalue weighted by atomic mass is 79.9. The number of ether oxygens (including phenoxy) is 1. The van der Waals surface area contributed by atoms with Crippen molar-refractivity contribution in [3.63, 3.8) is 0 Å². The van der Waals surface area contributed by atoms with Crippen LogP contribution in [-0.4, -0.2) is 52.2 Å². The average molecular weight is 1260 g/mol. The maximum atomic E-state index is 15.1. The Labute approximate surface area is 504 Å². The molecule has 1 amide bonds. The first kappa shape index (κ1) is 65.6. The van der Waals surface area contributed by atoms with Crippen molar-refractivity contribution in [1.29, 1.82) is 0 Å². The molecule has 8 aromatic carbocycles. The molecule has 0 aliphatic heterocycles. The lowest BCUT2D eigenvalue weighted by Gasteiger charge is -2.19. The van der Waals surface area contributed by atoms with E-state index in [2.05, 4.69) is 46.4 Å². The fourth-order valence-corrected chi connectivity index (χ4v) is 9.23. The van der Waals surface area contributed by atoms with Gasteiger partial charge in [0.15, 0.2) is 5.69 Å². The van der Waals surface area contributed by atoms with Gasteiger partial charge in [-0.15, -0.1) is 0 Å². The number of carbonyl (C=O) groups is 4. The Bertz CT molecular complexity index is 3850. The number of hydrogen-bond donors (Lipinski definition) is 6. The number of methoxy groups -OCH3 is 1. The summed E-state index contributed by atoms with van der Waals surface area (Å²) in [4.78, 5) is 54.6. The third kappa shape index (κ3) is 17.5. The highest BCUT2D eigenvalue weighted by Crippen LogP contribution is 2.37. The van der Waals surface area contributed by atoms with E-state index < -0.39 is 81.5 Å². The number of nitrogens with two attached hydrogens (primary N) is 1. The molecule has 0 bridgehead atoms. The quantitative estimate of drug-likeness (QED) is 0.0324. The van der Waals surface area contributed by atoms with Crippen LogP contribution in [-0.2, 0) is 16.0 Å². The third-order valence-electron chi connectivity index (χ3n) is 12.9. The molecule has 9 rings (SSSR count). The van der Waals surface area contributed by atoms with E-state index in [0.717, 1.165) is 54.6 Å². The summed E-state index contributed by atoms with van der Waals surface area (Å²) in [6.07, 6.45) is 1.39. The van der Waals surface area contributed by atoms with Crippen molar-refractivity contribution in [2.45, 2.75) is 51.4 Å². The van der Waals surface area contributed by atoms with Crippen LogP contribution in [0.1, 0.15) is 92.2 Å². The van der Waals surface area contributed by atoms with Crippen molar-refractivity contribution in [2.24, 2.45) is 5.73 Å². The molecule has 0 aliphatic carbocycles. The number of aromatic nitrogens is 1. The van der Waals surface area contributed by atoms with E-state index in [1.165, 1.54) is 5.56 Å². The third-order valence-corrected chi connectivity index (χ3v) is 13.6. The summed E-state index contributed by atoms with van der Waals surface area (Å²) in [6.45, 7) is 12.8. The predicted octanol–water partition coefficient (Wildman–Crippen LogP) is 16.0. The first-order valence-electron chi connectivity index (χ1n) is 26.0. The number of amides is 1. The fraction of sp³-hybridized carbons (Fsp3) is 0.138. The first-order chi connectivity index (χ1) is 41.0. The van der Waals surface area contributed by atoms with Crippen molar-refractivity contribution >= 4 is 79.3 Å². The maximum Gasteiger partial charge on any atom is 0.343 e. The minimum absolute atomic E-state index is 0.130. The van der Waals surface area contributed by atoms with Crippen LogP contribution < -0.4 is 21.7 Å². The smallest absolute Gasteiger partial charge is 0.343 e. The van der Waals surface area contributed by atoms with Gasteiger partial charge in [-0.05, 0) is 97.1 Å². The van der Waals surface area contributed by atoms with Crippen LogP contribution in [0.4, 0.5) is 43.4 Å².